The Labute approximate surface area is 200 Å². The summed E-state index contributed by atoms with van der Waals surface area (Å²) in [4.78, 5) is 26.2. The normalized spacial score (nSPS) is 17.5. The Hall–Kier alpha value is -2.01. The second-order valence-electron chi connectivity index (χ2n) is 8.62. The van der Waals surface area contributed by atoms with Crippen molar-refractivity contribution in [2.24, 2.45) is 0 Å². The molecule has 1 amide bonds. The molecule has 1 aromatic rings. The van der Waals surface area contributed by atoms with Gasteiger partial charge in [-0.2, -0.15) is 13.2 Å². The Balaban J connectivity index is 2.24. The van der Waals surface area contributed by atoms with Gasteiger partial charge < -0.3 is 20.5 Å². The van der Waals surface area contributed by atoms with Crippen molar-refractivity contribution in [3.63, 3.8) is 0 Å². The van der Waals surface area contributed by atoms with Gasteiger partial charge in [0.05, 0.1) is 23.4 Å². The Kier molecular flexibility index (Phi) is 9.03. The second-order valence-corrected chi connectivity index (χ2v) is 9.41. The van der Waals surface area contributed by atoms with E-state index in [-0.39, 0.29) is 40.5 Å². The number of piperidine rings is 1. The smallest absolute Gasteiger partial charge is 0.416 e. The molecule has 0 aromatic heterocycles. The standard InChI is InChI=1S/C22H31BrF3N3O4/c1-5-21(3,4)33-20(31)28-13-8-7-9-29(11-13)12-15-16(22(24,25)26)10-14(18(27)17(15)23)19(30)32-6-2/h10,13H,5-9,11-12,27H2,1-4H3,(H,28,31)/t13-/m0/s1. The van der Waals surface area contributed by atoms with E-state index in [1.54, 1.807) is 20.8 Å². The molecule has 1 fully saturated rings. The molecule has 1 aliphatic rings. The number of carbonyl (C=O) groups excluding carboxylic acids is 2. The van der Waals surface area contributed by atoms with Crippen molar-refractivity contribution in [2.75, 3.05) is 25.4 Å². The lowest BCUT2D eigenvalue weighted by Gasteiger charge is -2.34. The number of esters is 1. The molecule has 1 aliphatic heterocycles. The first-order valence-corrected chi connectivity index (χ1v) is 11.6. The van der Waals surface area contributed by atoms with Crippen LogP contribution < -0.4 is 11.1 Å². The Morgan fingerprint density at radius 1 is 1.30 bits per heavy atom. The number of likely N-dealkylation sites (tertiary alicyclic amines) is 1. The number of rotatable bonds is 7. The molecule has 1 saturated heterocycles. The summed E-state index contributed by atoms with van der Waals surface area (Å²) < 4.78 is 51.9. The van der Waals surface area contributed by atoms with E-state index in [1.165, 1.54) is 0 Å². The Bertz CT molecular complexity index is 877. The van der Waals surface area contributed by atoms with Crippen molar-refractivity contribution in [3.05, 3.63) is 27.2 Å². The molecule has 1 atom stereocenters. The van der Waals surface area contributed by atoms with Gasteiger partial charge in [0.2, 0.25) is 0 Å². The Morgan fingerprint density at radius 3 is 2.55 bits per heavy atom. The SMILES string of the molecule is CCOC(=O)c1cc(C(F)(F)F)c(CN2CCC[C@H](NC(=O)OC(C)(C)CC)C2)c(Br)c1N. The fourth-order valence-electron chi connectivity index (χ4n) is 3.55. The van der Waals surface area contributed by atoms with Gasteiger partial charge >= 0.3 is 18.2 Å². The van der Waals surface area contributed by atoms with Crippen molar-refractivity contribution >= 4 is 33.7 Å². The number of alkyl carbamates (subject to hydrolysis) is 1. The van der Waals surface area contributed by atoms with Crippen LogP contribution in [0.4, 0.5) is 23.7 Å². The van der Waals surface area contributed by atoms with E-state index >= 15 is 0 Å². The van der Waals surface area contributed by atoms with Gasteiger partial charge in [-0.05, 0) is 74.1 Å². The van der Waals surface area contributed by atoms with Gasteiger partial charge in [0.1, 0.15) is 5.60 Å². The van der Waals surface area contributed by atoms with E-state index < -0.39 is 29.4 Å². The van der Waals surface area contributed by atoms with Gasteiger partial charge in [-0.1, -0.05) is 6.92 Å². The van der Waals surface area contributed by atoms with Crippen molar-refractivity contribution in [1.82, 2.24) is 10.2 Å². The average Bonchev–Trinajstić information content (AvgIpc) is 2.70. The third-order valence-corrected chi connectivity index (χ3v) is 6.54. The van der Waals surface area contributed by atoms with E-state index in [2.05, 4.69) is 21.2 Å². The van der Waals surface area contributed by atoms with Gasteiger partial charge in [0, 0.05) is 23.6 Å². The maximum absolute atomic E-state index is 13.9. The van der Waals surface area contributed by atoms with Crippen molar-refractivity contribution in [1.29, 1.82) is 0 Å². The second kappa shape index (κ2) is 10.9. The largest absolute Gasteiger partial charge is 0.462 e. The highest BCUT2D eigenvalue weighted by Crippen LogP contribution is 2.40. The topological polar surface area (TPSA) is 93.9 Å². The minimum atomic E-state index is -4.70. The van der Waals surface area contributed by atoms with E-state index in [4.69, 9.17) is 15.2 Å². The van der Waals surface area contributed by atoms with Crippen LogP contribution in [0.5, 0.6) is 0 Å². The van der Waals surface area contributed by atoms with Crippen LogP contribution in [0.15, 0.2) is 10.5 Å². The zero-order chi connectivity index (χ0) is 25.0. The van der Waals surface area contributed by atoms with Crippen molar-refractivity contribution < 1.29 is 32.2 Å². The van der Waals surface area contributed by atoms with E-state index in [0.29, 0.717) is 32.4 Å². The zero-order valence-electron chi connectivity index (χ0n) is 19.3. The first kappa shape index (κ1) is 27.2. The summed E-state index contributed by atoms with van der Waals surface area (Å²) >= 11 is 3.17. The summed E-state index contributed by atoms with van der Waals surface area (Å²) in [5.41, 5.74) is 3.93. The molecule has 7 nitrogen and oxygen atoms in total. The highest BCUT2D eigenvalue weighted by Gasteiger charge is 2.37. The van der Waals surface area contributed by atoms with Crippen molar-refractivity contribution in [3.8, 4) is 0 Å². The molecule has 33 heavy (non-hydrogen) atoms. The molecule has 1 heterocycles. The number of nitrogens with two attached hydrogens (primary N) is 1. The average molecular weight is 538 g/mol. The van der Waals surface area contributed by atoms with Gasteiger partial charge in [-0.3, -0.25) is 4.90 Å². The predicted octanol–water partition coefficient (Wildman–Crippen LogP) is 5.11. The predicted molar refractivity (Wildman–Crippen MR) is 122 cm³/mol. The fourth-order valence-corrected chi connectivity index (χ4v) is 4.11. The summed E-state index contributed by atoms with van der Waals surface area (Å²) in [6.07, 6.45) is -3.22. The molecule has 3 N–H and O–H groups in total. The fraction of sp³-hybridized carbons (Fsp3) is 0.636. The van der Waals surface area contributed by atoms with Crippen LogP contribution in [-0.2, 0) is 22.2 Å². The molecular weight excluding hydrogens is 507 g/mol. The third kappa shape index (κ3) is 7.23. The number of nitrogens with one attached hydrogen (secondary N) is 1. The number of hydrogen-bond acceptors (Lipinski definition) is 6. The summed E-state index contributed by atoms with van der Waals surface area (Å²) in [5.74, 6) is -0.913. The summed E-state index contributed by atoms with van der Waals surface area (Å²) in [5, 5.41) is 2.81. The number of ether oxygens (including phenoxy) is 2. The van der Waals surface area contributed by atoms with Gasteiger partial charge in [0.25, 0.3) is 0 Å². The van der Waals surface area contributed by atoms with Crippen LogP contribution in [0.25, 0.3) is 0 Å². The summed E-state index contributed by atoms with van der Waals surface area (Å²) in [7, 11) is 0. The highest BCUT2D eigenvalue weighted by molar-refractivity contribution is 9.10. The first-order chi connectivity index (χ1) is 15.3. The number of hydrogen-bond donors (Lipinski definition) is 2. The number of anilines is 1. The van der Waals surface area contributed by atoms with Gasteiger partial charge in [-0.25, -0.2) is 9.59 Å². The monoisotopic (exact) mass is 537 g/mol. The quantitative estimate of drug-likeness (QED) is 0.371. The van der Waals surface area contributed by atoms with Crippen LogP contribution in [0.2, 0.25) is 0 Å². The highest BCUT2D eigenvalue weighted by atomic mass is 79.9. The first-order valence-electron chi connectivity index (χ1n) is 10.9. The lowest BCUT2D eigenvalue weighted by molar-refractivity contribution is -0.138. The van der Waals surface area contributed by atoms with Crippen LogP contribution in [0.3, 0.4) is 0 Å². The Morgan fingerprint density at radius 2 is 1.97 bits per heavy atom. The number of amides is 1. The molecule has 0 bridgehead atoms. The summed E-state index contributed by atoms with van der Waals surface area (Å²) in [6.45, 7) is 7.94. The summed E-state index contributed by atoms with van der Waals surface area (Å²) in [6, 6.07) is 0.486. The van der Waals surface area contributed by atoms with Gasteiger partial charge in [0.15, 0.2) is 0 Å². The van der Waals surface area contributed by atoms with Crippen LogP contribution in [-0.4, -0.2) is 48.3 Å². The lowest BCUT2D eigenvalue weighted by atomic mass is 9.99. The van der Waals surface area contributed by atoms with Crippen LogP contribution in [0.1, 0.15) is 68.4 Å². The van der Waals surface area contributed by atoms with E-state index in [0.717, 1.165) is 6.07 Å². The third-order valence-electron chi connectivity index (χ3n) is 5.64. The number of nitrogens with zero attached hydrogens (tertiary/aromatic N) is 1. The number of halogens is 4. The molecule has 0 aliphatic carbocycles. The maximum Gasteiger partial charge on any atom is 0.416 e. The molecule has 0 saturated carbocycles. The molecule has 0 radical (unpaired) electrons. The van der Waals surface area contributed by atoms with E-state index in [1.807, 2.05) is 11.8 Å². The number of benzene rings is 1. The zero-order valence-corrected chi connectivity index (χ0v) is 20.9. The molecule has 1 aromatic carbocycles. The number of carbonyl (C=O) groups is 2. The van der Waals surface area contributed by atoms with Gasteiger partial charge in [-0.15, -0.1) is 0 Å². The number of alkyl halides is 3. The minimum absolute atomic E-state index is 0.0129. The molecule has 186 valence electrons. The van der Waals surface area contributed by atoms with Crippen LogP contribution in [0, 0.1) is 0 Å². The maximum atomic E-state index is 13.9. The molecule has 0 unspecified atom stereocenters. The minimum Gasteiger partial charge on any atom is -0.462 e. The molecule has 0 spiro atoms. The van der Waals surface area contributed by atoms with Crippen LogP contribution >= 0.6 is 15.9 Å². The number of nitrogen functional groups attached to an aromatic ring is 1. The van der Waals surface area contributed by atoms with E-state index in [9.17, 15) is 22.8 Å². The molecule has 11 heteroatoms. The lowest BCUT2D eigenvalue weighted by Crippen LogP contribution is -2.48. The van der Waals surface area contributed by atoms with Crippen molar-refractivity contribution in [2.45, 2.75) is 71.3 Å². The molecular formula is C22H31BrF3N3O4. The molecule has 2 rings (SSSR count).